The van der Waals surface area contributed by atoms with Crippen molar-refractivity contribution in [3.05, 3.63) is 60.2 Å². The SMILES string of the molecule is CC(C)[C@@H](CC1=CCc2ccccc21)n1cc[n+](C)c1. The zero-order valence-electron chi connectivity index (χ0n) is 12.6. The Balaban J connectivity index is 1.85. The molecule has 0 spiro atoms. The van der Waals surface area contributed by atoms with Crippen molar-refractivity contribution in [3.8, 4) is 0 Å². The van der Waals surface area contributed by atoms with Crippen molar-refractivity contribution in [3.63, 3.8) is 0 Å². The van der Waals surface area contributed by atoms with Gasteiger partial charge < -0.3 is 0 Å². The fraction of sp³-hybridized carbons (Fsp3) is 0.389. The molecule has 1 atom stereocenters. The number of imidazole rings is 1. The van der Waals surface area contributed by atoms with Crippen molar-refractivity contribution < 1.29 is 4.57 Å². The van der Waals surface area contributed by atoms with Gasteiger partial charge in [0.25, 0.3) is 0 Å². The topological polar surface area (TPSA) is 8.81 Å². The molecular formula is C18H23N2+. The Morgan fingerprint density at radius 3 is 2.75 bits per heavy atom. The van der Waals surface area contributed by atoms with Gasteiger partial charge in [-0.3, -0.25) is 0 Å². The van der Waals surface area contributed by atoms with E-state index >= 15 is 0 Å². The summed E-state index contributed by atoms with van der Waals surface area (Å²) in [5.41, 5.74) is 4.44. The molecule has 0 fully saturated rings. The molecule has 0 saturated carbocycles. The monoisotopic (exact) mass is 267 g/mol. The first-order chi connectivity index (χ1) is 9.65. The van der Waals surface area contributed by atoms with Gasteiger partial charge in [-0.15, -0.1) is 0 Å². The van der Waals surface area contributed by atoms with Crippen molar-refractivity contribution in [1.82, 2.24) is 4.57 Å². The number of aryl methyl sites for hydroxylation is 1. The summed E-state index contributed by atoms with van der Waals surface area (Å²) in [6, 6.07) is 9.33. The summed E-state index contributed by atoms with van der Waals surface area (Å²) in [6.45, 7) is 4.62. The van der Waals surface area contributed by atoms with Gasteiger partial charge in [0.15, 0.2) is 0 Å². The number of hydrogen-bond donors (Lipinski definition) is 0. The second-order valence-corrected chi connectivity index (χ2v) is 6.13. The van der Waals surface area contributed by atoms with Crippen LogP contribution in [0.3, 0.4) is 0 Å². The zero-order chi connectivity index (χ0) is 14.1. The quantitative estimate of drug-likeness (QED) is 0.749. The van der Waals surface area contributed by atoms with Crippen LogP contribution in [0.1, 0.15) is 37.4 Å². The van der Waals surface area contributed by atoms with E-state index in [1.54, 1.807) is 0 Å². The van der Waals surface area contributed by atoms with Crippen LogP contribution >= 0.6 is 0 Å². The Morgan fingerprint density at radius 1 is 1.25 bits per heavy atom. The molecule has 104 valence electrons. The van der Waals surface area contributed by atoms with Crippen molar-refractivity contribution in [2.45, 2.75) is 32.7 Å². The second kappa shape index (κ2) is 5.28. The molecule has 2 aromatic rings. The van der Waals surface area contributed by atoms with Crippen LogP contribution in [-0.4, -0.2) is 4.57 Å². The standard InChI is InChI=1S/C18H23N2/c1-14(2)18(20-11-10-19(3)13-20)12-16-9-8-15-6-4-5-7-17(15)16/h4-7,9-11,13-14,18H,8,12H2,1-3H3/q+1/t18-/m1/s1. The summed E-state index contributed by atoms with van der Waals surface area (Å²) >= 11 is 0. The Labute approximate surface area is 121 Å². The maximum Gasteiger partial charge on any atom is 0.243 e. The molecule has 1 aromatic heterocycles. The van der Waals surface area contributed by atoms with Gasteiger partial charge in [0.1, 0.15) is 18.4 Å². The van der Waals surface area contributed by atoms with Crippen LogP contribution in [0.25, 0.3) is 5.57 Å². The summed E-state index contributed by atoms with van der Waals surface area (Å²) < 4.78 is 4.47. The second-order valence-electron chi connectivity index (χ2n) is 6.13. The van der Waals surface area contributed by atoms with Crippen molar-refractivity contribution in [2.24, 2.45) is 13.0 Å². The number of benzene rings is 1. The van der Waals surface area contributed by atoms with Crippen LogP contribution in [0.15, 0.2) is 49.1 Å². The number of allylic oxidation sites excluding steroid dienone is 2. The number of hydrogen-bond acceptors (Lipinski definition) is 0. The molecule has 2 nitrogen and oxygen atoms in total. The average molecular weight is 267 g/mol. The molecule has 3 rings (SSSR count). The first-order valence-corrected chi connectivity index (χ1v) is 7.45. The van der Waals surface area contributed by atoms with Gasteiger partial charge in [0.2, 0.25) is 6.33 Å². The molecule has 0 bridgehead atoms. The van der Waals surface area contributed by atoms with Crippen molar-refractivity contribution in [1.29, 1.82) is 0 Å². The largest absolute Gasteiger partial charge is 0.243 e. The summed E-state index contributed by atoms with van der Waals surface area (Å²) in [6.07, 6.45) is 11.1. The van der Waals surface area contributed by atoms with Crippen molar-refractivity contribution in [2.75, 3.05) is 0 Å². The molecule has 20 heavy (non-hydrogen) atoms. The lowest BCUT2D eigenvalue weighted by atomic mass is 9.93. The molecule has 1 heterocycles. The highest BCUT2D eigenvalue weighted by Crippen LogP contribution is 2.35. The average Bonchev–Trinajstić information content (AvgIpc) is 3.02. The summed E-state index contributed by atoms with van der Waals surface area (Å²) in [4.78, 5) is 0. The van der Waals surface area contributed by atoms with Crippen LogP contribution in [0, 0.1) is 5.92 Å². The Morgan fingerprint density at radius 2 is 2.05 bits per heavy atom. The molecule has 1 aliphatic rings. The molecule has 0 unspecified atom stereocenters. The van der Waals surface area contributed by atoms with E-state index in [2.05, 4.69) is 79.1 Å². The molecule has 0 N–H and O–H groups in total. The molecular weight excluding hydrogens is 244 g/mol. The van der Waals surface area contributed by atoms with E-state index in [1.807, 2.05) is 0 Å². The van der Waals surface area contributed by atoms with Crippen LogP contribution in [0.5, 0.6) is 0 Å². The van der Waals surface area contributed by atoms with E-state index in [9.17, 15) is 0 Å². The predicted octanol–water partition coefficient (Wildman–Crippen LogP) is 3.54. The van der Waals surface area contributed by atoms with E-state index in [-0.39, 0.29) is 0 Å². The van der Waals surface area contributed by atoms with Crippen LogP contribution in [0.4, 0.5) is 0 Å². The van der Waals surface area contributed by atoms with Crippen LogP contribution < -0.4 is 4.57 Å². The van der Waals surface area contributed by atoms with Crippen molar-refractivity contribution >= 4 is 5.57 Å². The summed E-state index contributed by atoms with van der Waals surface area (Å²) in [5, 5.41) is 0. The molecule has 0 aliphatic heterocycles. The first kappa shape index (κ1) is 13.2. The highest BCUT2D eigenvalue weighted by molar-refractivity contribution is 5.73. The van der Waals surface area contributed by atoms with Gasteiger partial charge in [0.05, 0.1) is 7.05 Å². The third-order valence-corrected chi connectivity index (χ3v) is 4.30. The van der Waals surface area contributed by atoms with E-state index in [0.29, 0.717) is 12.0 Å². The maximum atomic E-state index is 2.41. The minimum absolute atomic E-state index is 0.522. The summed E-state index contributed by atoms with van der Waals surface area (Å²) in [5.74, 6) is 0.621. The lowest BCUT2D eigenvalue weighted by molar-refractivity contribution is -0.671. The minimum atomic E-state index is 0.522. The van der Waals surface area contributed by atoms with E-state index in [4.69, 9.17) is 0 Å². The van der Waals surface area contributed by atoms with E-state index in [1.165, 1.54) is 16.7 Å². The Hall–Kier alpha value is -1.83. The first-order valence-electron chi connectivity index (χ1n) is 7.45. The Bertz CT molecular complexity index is 634. The smallest absolute Gasteiger partial charge is 0.240 e. The maximum absolute atomic E-state index is 2.41. The number of fused-ring (bicyclic) bond motifs is 1. The van der Waals surface area contributed by atoms with Crippen LogP contribution in [0.2, 0.25) is 0 Å². The van der Waals surface area contributed by atoms with Gasteiger partial charge >= 0.3 is 0 Å². The molecule has 0 amide bonds. The normalized spacial score (nSPS) is 15.3. The number of aromatic nitrogens is 2. The highest BCUT2D eigenvalue weighted by atomic mass is 15.1. The lowest BCUT2D eigenvalue weighted by Gasteiger charge is -2.19. The number of nitrogens with zero attached hydrogens (tertiary/aromatic N) is 2. The van der Waals surface area contributed by atoms with Gasteiger partial charge in [-0.1, -0.05) is 44.2 Å². The van der Waals surface area contributed by atoms with Gasteiger partial charge in [0, 0.05) is 6.42 Å². The predicted molar refractivity (Wildman–Crippen MR) is 82.2 cm³/mol. The van der Waals surface area contributed by atoms with E-state index in [0.717, 1.165) is 12.8 Å². The summed E-state index contributed by atoms with van der Waals surface area (Å²) in [7, 11) is 2.08. The fourth-order valence-corrected chi connectivity index (χ4v) is 3.12. The van der Waals surface area contributed by atoms with Gasteiger partial charge in [-0.2, -0.15) is 0 Å². The third-order valence-electron chi connectivity index (χ3n) is 4.30. The molecule has 0 radical (unpaired) electrons. The Kier molecular flexibility index (Phi) is 3.47. The molecule has 0 saturated heterocycles. The third kappa shape index (κ3) is 2.43. The number of rotatable bonds is 4. The molecule has 1 aromatic carbocycles. The molecule has 2 heteroatoms. The zero-order valence-corrected chi connectivity index (χ0v) is 12.6. The lowest BCUT2D eigenvalue weighted by Crippen LogP contribution is -2.25. The minimum Gasteiger partial charge on any atom is -0.240 e. The fourth-order valence-electron chi connectivity index (χ4n) is 3.12. The van der Waals surface area contributed by atoms with E-state index < -0.39 is 0 Å². The van der Waals surface area contributed by atoms with Gasteiger partial charge in [-0.25, -0.2) is 9.13 Å². The molecule has 1 aliphatic carbocycles. The highest BCUT2D eigenvalue weighted by Gasteiger charge is 2.24. The van der Waals surface area contributed by atoms with Gasteiger partial charge in [-0.05, 0) is 29.0 Å². The van der Waals surface area contributed by atoms with Crippen LogP contribution in [-0.2, 0) is 13.5 Å².